The number of cyclic esters (lactones) is 1. The first kappa shape index (κ1) is 16.8. The minimum Gasteiger partial charge on any atom is -0.497 e. The number of ether oxygens (including phenoxy) is 2. The van der Waals surface area contributed by atoms with Crippen molar-refractivity contribution in [3.8, 4) is 5.75 Å². The molecule has 7 nitrogen and oxygen atoms in total. The van der Waals surface area contributed by atoms with Gasteiger partial charge >= 0.3 is 5.97 Å². The van der Waals surface area contributed by atoms with Crippen LogP contribution in [0.2, 0.25) is 0 Å². The number of hydrogen-bond acceptors (Lipinski definition) is 6. The molecule has 8 heteroatoms. The molecule has 0 atom stereocenters. The van der Waals surface area contributed by atoms with Gasteiger partial charge in [0.25, 0.3) is 5.69 Å². The zero-order valence-electron chi connectivity index (χ0n) is 12.9. The summed E-state index contributed by atoms with van der Waals surface area (Å²) in [7, 11) is 1.56. The lowest BCUT2D eigenvalue weighted by atomic mass is 10.2. The molecule has 0 saturated carbocycles. The summed E-state index contributed by atoms with van der Waals surface area (Å²) in [6.07, 6.45) is 1.51. The van der Waals surface area contributed by atoms with Crippen molar-refractivity contribution in [2.24, 2.45) is 4.99 Å². The van der Waals surface area contributed by atoms with Crippen LogP contribution in [0.1, 0.15) is 11.1 Å². The van der Waals surface area contributed by atoms with E-state index in [9.17, 15) is 14.9 Å². The highest BCUT2D eigenvalue weighted by atomic mass is 79.9. The minimum absolute atomic E-state index is 0.0255. The number of hydrogen-bond donors (Lipinski definition) is 0. The Morgan fingerprint density at radius 1 is 1.24 bits per heavy atom. The van der Waals surface area contributed by atoms with Gasteiger partial charge in [0.15, 0.2) is 5.70 Å². The number of nitrogens with zero attached hydrogens (tertiary/aromatic N) is 2. The molecule has 0 fully saturated rings. The molecule has 0 saturated heterocycles. The second kappa shape index (κ2) is 6.86. The van der Waals surface area contributed by atoms with Gasteiger partial charge in [0, 0.05) is 16.6 Å². The summed E-state index contributed by atoms with van der Waals surface area (Å²) in [5, 5.41) is 10.7. The lowest BCUT2D eigenvalue weighted by molar-refractivity contribution is -0.384. The number of carbonyl (C=O) groups is 1. The zero-order chi connectivity index (χ0) is 18.0. The number of halogens is 1. The zero-order valence-corrected chi connectivity index (χ0v) is 14.5. The van der Waals surface area contributed by atoms with Gasteiger partial charge in [0.05, 0.1) is 17.6 Å². The van der Waals surface area contributed by atoms with Crippen molar-refractivity contribution < 1.29 is 19.2 Å². The smallest absolute Gasteiger partial charge is 0.363 e. The standard InChI is InChI=1S/C17H11BrN2O5/c1-24-12-6-7-13(14(18)9-12)16-19-15(17(21)25-16)8-10-2-4-11(5-3-10)20(22)23/h2-9H,1H3. The van der Waals surface area contributed by atoms with Crippen molar-refractivity contribution >= 4 is 39.6 Å². The second-order valence-corrected chi connectivity index (χ2v) is 5.88. The molecule has 126 valence electrons. The van der Waals surface area contributed by atoms with Crippen LogP contribution in [0.5, 0.6) is 5.75 Å². The molecular weight excluding hydrogens is 392 g/mol. The van der Waals surface area contributed by atoms with E-state index in [-0.39, 0.29) is 17.3 Å². The van der Waals surface area contributed by atoms with Crippen molar-refractivity contribution in [3.63, 3.8) is 0 Å². The van der Waals surface area contributed by atoms with Gasteiger partial charge in [0.2, 0.25) is 5.90 Å². The van der Waals surface area contributed by atoms with Crippen molar-refractivity contribution in [2.45, 2.75) is 0 Å². The van der Waals surface area contributed by atoms with Crippen LogP contribution in [0.25, 0.3) is 6.08 Å². The first-order valence-corrected chi connectivity index (χ1v) is 7.88. The van der Waals surface area contributed by atoms with Crippen LogP contribution >= 0.6 is 15.9 Å². The van der Waals surface area contributed by atoms with E-state index in [0.717, 1.165) is 0 Å². The van der Waals surface area contributed by atoms with Gasteiger partial charge in [-0.3, -0.25) is 10.1 Å². The van der Waals surface area contributed by atoms with Crippen LogP contribution in [0.15, 0.2) is 57.6 Å². The number of nitro groups is 1. The number of nitro benzene ring substituents is 1. The highest BCUT2D eigenvalue weighted by Crippen LogP contribution is 2.27. The van der Waals surface area contributed by atoms with Gasteiger partial charge in [0.1, 0.15) is 5.75 Å². The Kier molecular flexibility index (Phi) is 4.62. The summed E-state index contributed by atoms with van der Waals surface area (Å²) in [5.74, 6) is 0.242. The lowest BCUT2D eigenvalue weighted by Gasteiger charge is -2.05. The van der Waals surface area contributed by atoms with E-state index in [1.54, 1.807) is 25.3 Å². The molecular formula is C17H11BrN2O5. The SMILES string of the molecule is COc1ccc(C2=NC(=Cc3ccc([N+](=O)[O-])cc3)C(=O)O2)c(Br)c1. The third-order valence-electron chi connectivity index (χ3n) is 3.43. The Labute approximate surface area is 150 Å². The van der Waals surface area contributed by atoms with Crippen LogP contribution in [0, 0.1) is 10.1 Å². The summed E-state index contributed by atoms with van der Waals surface area (Å²) < 4.78 is 11.0. The number of aliphatic imine (C=N–C) groups is 1. The van der Waals surface area contributed by atoms with Crippen molar-refractivity contribution in [1.82, 2.24) is 0 Å². The van der Waals surface area contributed by atoms with Gasteiger partial charge in [-0.2, -0.15) is 0 Å². The van der Waals surface area contributed by atoms with Crippen LogP contribution in [-0.2, 0) is 9.53 Å². The number of esters is 1. The molecule has 0 N–H and O–H groups in total. The quantitative estimate of drug-likeness (QED) is 0.336. The van der Waals surface area contributed by atoms with Gasteiger partial charge in [-0.05, 0) is 57.9 Å². The molecule has 0 radical (unpaired) electrons. The molecule has 0 bridgehead atoms. The predicted octanol–water partition coefficient (Wildman–Crippen LogP) is 3.71. The molecule has 2 aromatic carbocycles. The number of rotatable bonds is 4. The maximum atomic E-state index is 12.0. The molecule has 0 amide bonds. The van der Waals surface area contributed by atoms with Crippen LogP contribution < -0.4 is 4.74 Å². The van der Waals surface area contributed by atoms with E-state index in [1.165, 1.54) is 30.3 Å². The van der Waals surface area contributed by atoms with Crippen LogP contribution in [0.3, 0.4) is 0 Å². The summed E-state index contributed by atoms with van der Waals surface area (Å²) in [4.78, 5) is 26.4. The summed E-state index contributed by atoms with van der Waals surface area (Å²) in [6.45, 7) is 0. The topological polar surface area (TPSA) is 91.0 Å². The van der Waals surface area contributed by atoms with Gasteiger partial charge < -0.3 is 9.47 Å². The van der Waals surface area contributed by atoms with E-state index in [0.29, 0.717) is 21.3 Å². The van der Waals surface area contributed by atoms with Gasteiger partial charge in [-0.1, -0.05) is 0 Å². The molecule has 0 unspecified atom stereocenters. The van der Waals surface area contributed by atoms with Gasteiger partial charge in [-0.25, -0.2) is 9.79 Å². The van der Waals surface area contributed by atoms with E-state index in [2.05, 4.69) is 20.9 Å². The molecule has 1 aliphatic heterocycles. The van der Waals surface area contributed by atoms with Crippen LogP contribution in [-0.4, -0.2) is 23.9 Å². The molecule has 3 rings (SSSR count). The van der Waals surface area contributed by atoms with Crippen molar-refractivity contribution in [2.75, 3.05) is 7.11 Å². The monoisotopic (exact) mass is 402 g/mol. The Morgan fingerprint density at radius 3 is 2.56 bits per heavy atom. The normalized spacial score (nSPS) is 15.0. The third kappa shape index (κ3) is 3.58. The van der Waals surface area contributed by atoms with Crippen LogP contribution in [0.4, 0.5) is 5.69 Å². The Morgan fingerprint density at radius 2 is 1.96 bits per heavy atom. The van der Waals surface area contributed by atoms with Crippen molar-refractivity contribution in [3.05, 3.63) is 73.9 Å². The number of benzene rings is 2. The number of carbonyl (C=O) groups excluding carboxylic acids is 1. The maximum Gasteiger partial charge on any atom is 0.363 e. The maximum absolute atomic E-state index is 12.0. The second-order valence-electron chi connectivity index (χ2n) is 5.03. The minimum atomic E-state index is -0.587. The Hall–Kier alpha value is -3.00. The highest BCUT2D eigenvalue weighted by molar-refractivity contribution is 9.10. The Balaban J connectivity index is 1.90. The first-order valence-electron chi connectivity index (χ1n) is 7.09. The highest BCUT2D eigenvalue weighted by Gasteiger charge is 2.25. The predicted molar refractivity (Wildman–Crippen MR) is 94.4 cm³/mol. The average molecular weight is 403 g/mol. The molecule has 0 aromatic heterocycles. The third-order valence-corrected chi connectivity index (χ3v) is 4.09. The molecule has 1 heterocycles. The summed E-state index contributed by atoms with van der Waals surface area (Å²) in [6, 6.07) is 11.0. The largest absolute Gasteiger partial charge is 0.497 e. The van der Waals surface area contributed by atoms with E-state index in [4.69, 9.17) is 9.47 Å². The van der Waals surface area contributed by atoms with E-state index < -0.39 is 10.9 Å². The number of non-ortho nitro benzene ring substituents is 1. The molecule has 2 aromatic rings. The fourth-order valence-corrected chi connectivity index (χ4v) is 2.70. The summed E-state index contributed by atoms with van der Waals surface area (Å²) >= 11 is 3.39. The summed E-state index contributed by atoms with van der Waals surface area (Å²) in [5.41, 5.74) is 1.31. The first-order chi connectivity index (χ1) is 12.0. The fraction of sp³-hybridized carbons (Fsp3) is 0.0588. The number of methoxy groups -OCH3 is 1. The molecule has 0 spiro atoms. The van der Waals surface area contributed by atoms with E-state index >= 15 is 0 Å². The lowest BCUT2D eigenvalue weighted by Crippen LogP contribution is -2.06. The molecule has 0 aliphatic carbocycles. The average Bonchev–Trinajstić information content (AvgIpc) is 2.95. The van der Waals surface area contributed by atoms with E-state index in [1.807, 2.05) is 0 Å². The van der Waals surface area contributed by atoms with Crippen molar-refractivity contribution in [1.29, 1.82) is 0 Å². The molecule has 1 aliphatic rings. The van der Waals surface area contributed by atoms with Gasteiger partial charge in [-0.15, -0.1) is 0 Å². The Bertz CT molecular complexity index is 919. The fourth-order valence-electron chi connectivity index (χ4n) is 2.17. The molecule has 25 heavy (non-hydrogen) atoms.